The molecule has 0 unspecified atom stereocenters. The second kappa shape index (κ2) is 10.5. The molecule has 0 fully saturated rings. The van der Waals surface area contributed by atoms with Gasteiger partial charge in [0.2, 0.25) is 0 Å². The maximum Gasteiger partial charge on any atom is 0.133 e. The van der Waals surface area contributed by atoms with Crippen LogP contribution in [0.25, 0.3) is 10.8 Å². The number of aliphatic imine (C=N–C) groups is 2. The molecule has 0 saturated heterocycles. The summed E-state index contributed by atoms with van der Waals surface area (Å²) < 4.78 is 0. The molecule has 0 bridgehead atoms. The Morgan fingerprint density at radius 3 is 1.36 bits per heavy atom. The summed E-state index contributed by atoms with van der Waals surface area (Å²) in [4.78, 5) is 9.27. The van der Waals surface area contributed by atoms with E-state index in [2.05, 4.69) is 20.3 Å². The Bertz CT molecular complexity index is 1440. The highest BCUT2D eigenvalue weighted by molar-refractivity contribution is 6.04. The van der Waals surface area contributed by atoms with Crippen molar-refractivity contribution in [3.8, 4) is 11.5 Å². The number of aromatic hydroxyl groups is 2. The molecule has 0 saturated carbocycles. The average Bonchev–Trinajstić information content (AvgIpc) is 2.86. The second-order valence-corrected chi connectivity index (χ2v) is 8.24. The number of rotatable bonds is 6. The number of phenols is 2. The van der Waals surface area contributed by atoms with Gasteiger partial charge in [-0.3, -0.25) is 9.98 Å². The molecule has 0 heterocycles. The summed E-state index contributed by atoms with van der Waals surface area (Å²) in [6.07, 6.45) is 5.45. The van der Waals surface area contributed by atoms with Crippen LogP contribution in [0.1, 0.15) is 33.4 Å². The summed E-state index contributed by atoms with van der Waals surface area (Å²) in [6.45, 7) is 3.74. The molecule has 0 radical (unpaired) electrons. The van der Waals surface area contributed by atoms with Gasteiger partial charge in [0.05, 0.1) is 23.8 Å². The lowest BCUT2D eigenvalue weighted by molar-refractivity contribution is 0.321. The highest BCUT2D eigenvalue weighted by atomic mass is 16.4. The highest BCUT2D eigenvalue weighted by Gasteiger charge is 2.09. The van der Waals surface area contributed by atoms with E-state index >= 15 is 0 Å². The Labute approximate surface area is 207 Å². The van der Waals surface area contributed by atoms with Crippen LogP contribution in [0, 0.1) is 13.8 Å². The SMILES string of the molecule is Cc1cc(C=Nc2cccc3cccc(N=Cc4cc(C)cc(/C=N/O)c4O)c23)c(O)c(/C=N/O)c1. The van der Waals surface area contributed by atoms with Crippen molar-refractivity contribution >= 4 is 47.0 Å². The van der Waals surface area contributed by atoms with E-state index in [4.69, 9.17) is 10.4 Å². The maximum atomic E-state index is 10.5. The summed E-state index contributed by atoms with van der Waals surface area (Å²) in [5.41, 5.74) is 4.74. The molecule has 0 aliphatic rings. The van der Waals surface area contributed by atoms with Gasteiger partial charge in [-0.15, -0.1) is 0 Å². The van der Waals surface area contributed by atoms with Crippen LogP contribution in [-0.4, -0.2) is 45.5 Å². The summed E-state index contributed by atoms with van der Waals surface area (Å²) in [6, 6.07) is 18.3. The molecule has 0 atom stereocenters. The maximum absolute atomic E-state index is 10.5. The molecule has 0 amide bonds. The quantitative estimate of drug-likeness (QED) is 0.153. The van der Waals surface area contributed by atoms with E-state index in [9.17, 15) is 10.2 Å². The Balaban J connectivity index is 1.79. The third kappa shape index (κ3) is 5.07. The van der Waals surface area contributed by atoms with Crippen molar-refractivity contribution in [3.63, 3.8) is 0 Å². The van der Waals surface area contributed by atoms with E-state index in [0.29, 0.717) is 33.6 Å². The highest BCUT2D eigenvalue weighted by Crippen LogP contribution is 2.35. The fraction of sp³-hybridized carbons (Fsp3) is 0.0714. The first-order valence-corrected chi connectivity index (χ1v) is 11.0. The topological polar surface area (TPSA) is 130 Å². The van der Waals surface area contributed by atoms with Gasteiger partial charge in [0.25, 0.3) is 0 Å². The average molecular weight is 481 g/mol. The standard InChI is InChI=1S/C28H24N4O4/c1-17-9-20(27(33)22(11-17)15-31-35)13-29-24-7-3-5-19-6-4-8-25(26(19)24)30-14-21-10-18(2)12-23(16-32-36)28(21)34/h3-16,33-36H,1-2H3/b29-13?,30-14?,31-15+,32-16+. The first kappa shape index (κ1) is 24.2. The van der Waals surface area contributed by atoms with Crippen molar-refractivity contribution in [2.75, 3.05) is 0 Å². The molecule has 4 N–H and O–H groups in total. The molecule has 4 aromatic carbocycles. The first-order chi connectivity index (χ1) is 17.4. The van der Waals surface area contributed by atoms with Crippen molar-refractivity contribution in [1.29, 1.82) is 0 Å². The van der Waals surface area contributed by atoms with Gasteiger partial charge in [0.1, 0.15) is 11.5 Å². The zero-order valence-electron chi connectivity index (χ0n) is 19.7. The van der Waals surface area contributed by atoms with Crippen LogP contribution in [-0.2, 0) is 0 Å². The molecule has 4 rings (SSSR count). The van der Waals surface area contributed by atoms with Gasteiger partial charge in [-0.05, 0) is 66.8 Å². The number of hydrogen-bond donors (Lipinski definition) is 4. The van der Waals surface area contributed by atoms with Gasteiger partial charge in [-0.2, -0.15) is 0 Å². The smallest absolute Gasteiger partial charge is 0.133 e. The van der Waals surface area contributed by atoms with Gasteiger partial charge in [-0.1, -0.05) is 34.6 Å². The van der Waals surface area contributed by atoms with Crippen molar-refractivity contribution in [1.82, 2.24) is 0 Å². The molecule has 8 heteroatoms. The monoisotopic (exact) mass is 480 g/mol. The Kier molecular flexibility index (Phi) is 7.06. The Morgan fingerprint density at radius 2 is 0.972 bits per heavy atom. The van der Waals surface area contributed by atoms with Gasteiger partial charge in [0, 0.05) is 40.1 Å². The van der Waals surface area contributed by atoms with Crippen LogP contribution in [0.5, 0.6) is 11.5 Å². The molecule has 8 nitrogen and oxygen atoms in total. The van der Waals surface area contributed by atoms with Crippen LogP contribution in [0.4, 0.5) is 11.4 Å². The van der Waals surface area contributed by atoms with Crippen LogP contribution < -0.4 is 0 Å². The third-order valence-electron chi connectivity index (χ3n) is 5.57. The van der Waals surface area contributed by atoms with Crippen molar-refractivity contribution in [3.05, 3.63) is 94.0 Å². The number of aryl methyl sites for hydroxylation is 2. The molecule has 180 valence electrons. The minimum absolute atomic E-state index is 0.0437. The van der Waals surface area contributed by atoms with Gasteiger partial charge >= 0.3 is 0 Å². The van der Waals surface area contributed by atoms with Crippen LogP contribution in [0.15, 0.2) is 81.0 Å². The van der Waals surface area contributed by atoms with Gasteiger partial charge in [0.15, 0.2) is 0 Å². The van der Waals surface area contributed by atoms with E-state index in [0.717, 1.165) is 21.9 Å². The van der Waals surface area contributed by atoms with Crippen molar-refractivity contribution < 1.29 is 20.6 Å². The molecular weight excluding hydrogens is 456 g/mol. The minimum Gasteiger partial charge on any atom is -0.507 e. The number of oxime groups is 2. The van der Waals surface area contributed by atoms with Crippen molar-refractivity contribution in [2.24, 2.45) is 20.3 Å². The predicted molar refractivity (Wildman–Crippen MR) is 143 cm³/mol. The second-order valence-electron chi connectivity index (χ2n) is 8.24. The van der Waals surface area contributed by atoms with Crippen molar-refractivity contribution in [2.45, 2.75) is 13.8 Å². The summed E-state index contributed by atoms with van der Waals surface area (Å²) in [5, 5.41) is 46.6. The zero-order chi connectivity index (χ0) is 25.7. The fourth-order valence-corrected chi connectivity index (χ4v) is 3.98. The van der Waals surface area contributed by atoms with Crippen LogP contribution in [0.2, 0.25) is 0 Å². The number of phenolic OH excluding ortho intramolecular Hbond substituents is 2. The minimum atomic E-state index is -0.0437. The first-order valence-electron chi connectivity index (χ1n) is 11.0. The van der Waals surface area contributed by atoms with E-state index in [-0.39, 0.29) is 11.5 Å². The zero-order valence-corrected chi connectivity index (χ0v) is 19.7. The fourth-order valence-electron chi connectivity index (χ4n) is 3.98. The van der Waals surface area contributed by atoms with E-state index in [1.165, 1.54) is 12.4 Å². The third-order valence-corrected chi connectivity index (χ3v) is 5.57. The van der Waals surface area contributed by atoms with Gasteiger partial charge in [-0.25, -0.2) is 0 Å². The Hall–Kier alpha value is -4.98. The lowest BCUT2D eigenvalue weighted by atomic mass is 10.0. The van der Waals surface area contributed by atoms with Crippen LogP contribution >= 0.6 is 0 Å². The van der Waals surface area contributed by atoms with E-state index in [1.54, 1.807) is 36.7 Å². The molecule has 0 spiro atoms. The lowest BCUT2D eigenvalue weighted by Gasteiger charge is -2.08. The summed E-state index contributed by atoms with van der Waals surface area (Å²) in [5.74, 6) is -0.0875. The largest absolute Gasteiger partial charge is 0.507 e. The normalized spacial score (nSPS) is 12.2. The number of fused-ring (bicyclic) bond motifs is 1. The van der Waals surface area contributed by atoms with E-state index in [1.807, 2.05) is 50.2 Å². The molecule has 0 aromatic heterocycles. The number of hydrogen-bond acceptors (Lipinski definition) is 8. The molecular formula is C28H24N4O4. The molecule has 0 aliphatic heterocycles. The summed E-state index contributed by atoms with van der Waals surface area (Å²) >= 11 is 0. The predicted octanol–water partition coefficient (Wildman–Crippen LogP) is 5.99. The van der Waals surface area contributed by atoms with Gasteiger partial charge < -0.3 is 20.6 Å². The molecule has 0 aliphatic carbocycles. The molecule has 4 aromatic rings. The van der Waals surface area contributed by atoms with Crippen LogP contribution in [0.3, 0.4) is 0 Å². The number of nitrogens with zero attached hydrogens (tertiary/aromatic N) is 4. The Morgan fingerprint density at radius 1 is 0.583 bits per heavy atom. The lowest BCUT2D eigenvalue weighted by Crippen LogP contribution is -1.92. The summed E-state index contributed by atoms with van der Waals surface area (Å²) in [7, 11) is 0. The number of benzene rings is 4. The molecule has 36 heavy (non-hydrogen) atoms. The van der Waals surface area contributed by atoms with E-state index < -0.39 is 0 Å².